The molecule has 4 aliphatic rings. The van der Waals surface area contributed by atoms with E-state index in [9.17, 15) is 18.3 Å². The first-order chi connectivity index (χ1) is 20.5. The Bertz CT molecular complexity index is 1470. The van der Waals surface area contributed by atoms with Crippen LogP contribution < -0.4 is 14.8 Å². The Morgan fingerprint density at radius 1 is 1.23 bits per heavy atom. The maximum atomic E-state index is 12.0. The molecule has 3 N–H and O–H groups in total. The third-order valence-corrected chi connectivity index (χ3v) is 11.0. The number of fused-ring (bicyclic) bond motifs is 3. The standard InChI is InChI=1S/C32H41ClN2O7S/c1-20(17-43(34,38)39)42-25-10-12-40-30(15-25)26-7-4-23(26)16-35-18-32(11-2-3-21-13-24(33)6-8-27(21)32)19-41-29-9-5-22(31(36)37)14-28(29)35/h5-6,8-9,13-14,20,23,25-26,30H,2-4,7,10-12,15-19H2,1H3,(H,36,37)(H2,34,38,39)/t20?,23-,25-,26+,30-,32-/m0/s1. The van der Waals surface area contributed by atoms with E-state index in [4.69, 9.17) is 31.0 Å². The molecule has 2 aromatic carbocycles. The van der Waals surface area contributed by atoms with Crippen molar-refractivity contribution in [3.8, 4) is 5.75 Å². The van der Waals surface area contributed by atoms with Gasteiger partial charge in [0.15, 0.2) is 0 Å². The summed E-state index contributed by atoms with van der Waals surface area (Å²) in [6, 6.07) is 11.4. The van der Waals surface area contributed by atoms with E-state index in [0.29, 0.717) is 30.8 Å². The fourth-order valence-corrected chi connectivity index (χ4v) is 8.68. The number of carboxylic acids is 1. The molecule has 0 bridgehead atoms. The SMILES string of the molecule is CC(CS(N)(=O)=O)O[C@H]1CCO[C@H]([C@@H]2CC[C@H]2CN2C[C@@]3(CCCc4cc(Cl)ccc43)COc3ccc(C(=O)O)cc32)C1. The van der Waals surface area contributed by atoms with E-state index in [1.165, 1.54) is 11.1 Å². The Morgan fingerprint density at radius 3 is 2.81 bits per heavy atom. The summed E-state index contributed by atoms with van der Waals surface area (Å²) in [4.78, 5) is 14.3. The number of aryl methyl sites for hydroxylation is 1. The molecule has 0 amide bonds. The van der Waals surface area contributed by atoms with Crippen LogP contribution in [0.4, 0.5) is 5.69 Å². The van der Waals surface area contributed by atoms with Gasteiger partial charge in [-0.25, -0.2) is 18.4 Å². The summed E-state index contributed by atoms with van der Waals surface area (Å²) in [6.07, 6.45) is 6.03. The lowest BCUT2D eigenvalue weighted by molar-refractivity contribution is -0.126. The molecule has 2 fully saturated rings. The van der Waals surface area contributed by atoms with Gasteiger partial charge in [-0.05, 0) is 98.7 Å². The van der Waals surface area contributed by atoms with Gasteiger partial charge in [0, 0.05) is 36.6 Å². The highest BCUT2D eigenvalue weighted by Crippen LogP contribution is 2.47. The molecule has 2 heterocycles. The van der Waals surface area contributed by atoms with Crippen LogP contribution in [0.15, 0.2) is 36.4 Å². The Kier molecular flexibility index (Phi) is 8.69. The van der Waals surface area contributed by atoms with Crippen LogP contribution >= 0.6 is 11.6 Å². The van der Waals surface area contributed by atoms with E-state index < -0.39 is 22.1 Å². The van der Waals surface area contributed by atoms with Crippen LogP contribution in [0.2, 0.25) is 5.02 Å². The van der Waals surface area contributed by atoms with Crippen molar-refractivity contribution in [2.45, 2.75) is 75.6 Å². The monoisotopic (exact) mass is 632 g/mol. The molecule has 9 nitrogen and oxygen atoms in total. The van der Waals surface area contributed by atoms with E-state index in [-0.39, 0.29) is 28.9 Å². The first kappa shape index (κ1) is 30.6. The number of nitrogens with zero attached hydrogens (tertiary/aromatic N) is 1. The van der Waals surface area contributed by atoms with Crippen molar-refractivity contribution in [1.82, 2.24) is 0 Å². The fraction of sp³-hybridized carbons (Fsp3) is 0.594. The Hall–Kier alpha value is -2.37. The van der Waals surface area contributed by atoms with E-state index in [2.05, 4.69) is 17.0 Å². The highest BCUT2D eigenvalue weighted by Gasteiger charge is 2.45. The van der Waals surface area contributed by atoms with Crippen LogP contribution in [0.5, 0.6) is 5.75 Å². The third-order valence-electron chi connectivity index (χ3n) is 9.85. The van der Waals surface area contributed by atoms with Crippen LogP contribution in [-0.2, 0) is 31.3 Å². The zero-order valence-corrected chi connectivity index (χ0v) is 26.1. The van der Waals surface area contributed by atoms with Crippen LogP contribution in [0.25, 0.3) is 0 Å². The number of aromatic carboxylic acids is 1. The van der Waals surface area contributed by atoms with Gasteiger partial charge in [0.25, 0.3) is 0 Å². The van der Waals surface area contributed by atoms with E-state index in [1.807, 2.05) is 6.07 Å². The van der Waals surface area contributed by atoms with Gasteiger partial charge >= 0.3 is 5.97 Å². The molecule has 1 spiro atoms. The average Bonchev–Trinajstić information content (AvgIpc) is 3.07. The lowest BCUT2D eigenvalue weighted by Gasteiger charge is -2.48. The molecule has 234 valence electrons. The van der Waals surface area contributed by atoms with Gasteiger partial charge in [-0.3, -0.25) is 0 Å². The molecule has 2 aromatic rings. The number of ether oxygens (including phenoxy) is 3. The van der Waals surface area contributed by atoms with Crippen molar-refractivity contribution in [1.29, 1.82) is 0 Å². The number of hydrogen-bond donors (Lipinski definition) is 2. The minimum atomic E-state index is -3.61. The van der Waals surface area contributed by atoms with Crippen molar-refractivity contribution in [2.75, 3.05) is 37.0 Å². The van der Waals surface area contributed by atoms with Gasteiger partial charge in [-0.15, -0.1) is 0 Å². The lowest BCUT2D eigenvalue weighted by atomic mass is 9.67. The lowest BCUT2D eigenvalue weighted by Crippen LogP contribution is -2.51. The minimum absolute atomic E-state index is 0.0266. The second kappa shape index (κ2) is 12.2. The Balaban J connectivity index is 1.24. The molecule has 0 aromatic heterocycles. The average molecular weight is 633 g/mol. The summed E-state index contributed by atoms with van der Waals surface area (Å²) in [5, 5.41) is 15.8. The Labute approximate surface area is 258 Å². The maximum absolute atomic E-state index is 12.0. The number of benzene rings is 2. The van der Waals surface area contributed by atoms with Crippen LogP contribution in [-0.4, -0.2) is 69.9 Å². The van der Waals surface area contributed by atoms with Crippen molar-refractivity contribution in [3.63, 3.8) is 0 Å². The molecule has 1 saturated heterocycles. The summed E-state index contributed by atoms with van der Waals surface area (Å²) in [6.45, 7) is 4.34. The van der Waals surface area contributed by atoms with Gasteiger partial charge in [-0.2, -0.15) is 0 Å². The smallest absolute Gasteiger partial charge is 0.335 e. The molecule has 6 atom stereocenters. The molecule has 43 heavy (non-hydrogen) atoms. The number of anilines is 1. The molecular weight excluding hydrogens is 592 g/mol. The number of carboxylic acid groups (broad SMARTS) is 1. The van der Waals surface area contributed by atoms with Crippen molar-refractivity contribution in [2.24, 2.45) is 17.0 Å². The van der Waals surface area contributed by atoms with Gasteiger partial charge in [0.1, 0.15) is 5.75 Å². The quantitative estimate of drug-likeness (QED) is 0.426. The number of sulfonamides is 1. The molecule has 0 radical (unpaired) electrons. The topological polar surface area (TPSA) is 128 Å². The number of rotatable bonds is 8. The molecule has 2 aliphatic carbocycles. The first-order valence-corrected chi connectivity index (χ1v) is 17.4. The van der Waals surface area contributed by atoms with Gasteiger partial charge in [0.2, 0.25) is 10.0 Å². The zero-order chi connectivity index (χ0) is 30.4. The predicted molar refractivity (Wildman–Crippen MR) is 165 cm³/mol. The highest BCUT2D eigenvalue weighted by molar-refractivity contribution is 7.89. The summed E-state index contributed by atoms with van der Waals surface area (Å²) in [5.74, 6) is 0.246. The van der Waals surface area contributed by atoms with Crippen molar-refractivity contribution < 1.29 is 32.5 Å². The summed E-state index contributed by atoms with van der Waals surface area (Å²) < 4.78 is 41.9. The molecule has 2 aliphatic heterocycles. The molecule has 1 saturated carbocycles. The number of nitrogens with two attached hydrogens (primary N) is 1. The second-order valence-corrected chi connectivity index (χ2v) is 15.0. The summed E-state index contributed by atoms with van der Waals surface area (Å²) in [5.41, 5.74) is 3.37. The summed E-state index contributed by atoms with van der Waals surface area (Å²) >= 11 is 6.39. The van der Waals surface area contributed by atoms with Crippen molar-refractivity contribution >= 4 is 33.3 Å². The van der Waals surface area contributed by atoms with Crippen LogP contribution in [0, 0.1) is 11.8 Å². The van der Waals surface area contributed by atoms with E-state index >= 15 is 0 Å². The molecule has 1 unspecified atom stereocenters. The molecule has 11 heteroatoms. The highest BCUT2D eigenvalue weighted by atomic mass is 35.5. The van der Waals surface area contributed by atoms with E-state index in [0.717, 1.165) is 68.7 Å². The van der Waals surface area contributed by atoms with Gasteiger partial charge in [0.05, 0.1) is 41.9 Å². The minimum Gasteiger partial charge on any atom is -0.490 e. The van der Waals surface area contributed by atoms with Gasteiger partial charge < -0.3 is 24.2 Å². The molecule has 6 rings (SSSR count). The van der Waals surface area contributed by atoms with Crippen LogP contribution in [0.3, 0.4) is 0 Å². The maximum Gasteiger partial charge on any atom is 0.335 e. The fourth-order valence-electron chi connectivity index (χ4n) is 7.75. The third kappa shape index (κ3) is 6.68. The largest absolute Gasteiger partial charge is 0.490 e. The summed E-state index contributed by atoms with van der Waals surface area (Å²) in [7, 11) is -3.61. The van der Waals surface area contributed by atoms with Crippen LogP contribution in [0.1, 0.15) is 66.9 Å². The zero-order valence-electron chi connectivity index (χ0n) is 24.5. The number of halogens is 1. The second-order valence-electron chi connectivity index (χ2n) is 12.9. The van der Waals surface area contributed by atoms with Gasteiger partial charge in [-0.1, -0.05) is 17.7 Å². The first-order valence-electron chi connectivity index (χ1n) is 15.3. The normalized spacial score (nSPS) is 29.5. The number of primary sulfonamides is 1. The number of hydrogen-bond acceptors (Lipinski definition) is 7. The number of carbonyl (C=O) groups is 1. The Morgan fingerprint density at radius 2 is 2.07 bits per heavy atom. The predicted octanol–water partition coefficient (Wildman–Crippen LogP) is 4.78. The van der Waals surface area contributed by atoms with E-state index in [1.54, 1.807) is 25.1 Å². The molecular formula is C32H41ClN2O7S. The van der Waals surface area contributed by atoms with Crippen molar-refractivity contribution in [3.05, 3.63) is 58.1 Å².